The fourth-order valence-electron chi connectivity index (χ4n) is 7.87. The zero-order valence-electron chi connectivity index (χ0n) is 27.4. The van der Waals surface area contributed by atoms with Crippen LogP contribution in [0, 0.1) is 0 Å². The predicted octanol–water partition coefficient (Wildman–Crippen LogP) is 12.9. The third-order valence-electron chi connectivity index (χ3n) is 10.1. The summed E-state index contributed by atoms with van der Waals surface area (Å²) in [6.45, 7) is 0. The minimum Gasteiger partial charge on any atom is -0.307 e. The van der Waals surface area contributed by atoms with E-state index in [0.29, 0.717) is 0 Å². The number of aromatic nitrogens is 2. The lowest BCUT2D eigenvalue weighted by molar-refractivity contribution is 1.15. The standard InChI is InChI=1S/C48H32N2/c1-5-16-33(17-6-1)36-22-15-25-39(30-36)50-44-27-14-13-26-40(44)46-41(35-20-9-3-10-21-35)32-43-42-31-37(34-18-7-2-8-19-34)28-29-45(42)49(47(43)48(46)50)38-23-11-4-12-24-38/h1-32H. The van der Waals surface area contributed by atoms with Crippen molar-refractivity contribution in [2.75, 3.05) is 0 Å². The van der Waals surface area contributed by atoms with Gasteiger partial charge in [0.25, 0.3) is 0 Å². The van der Waals surface area contributed by atoms with E-state index < -0.39 is 0 Å². The first-order chi connectivity index (χ1) is 24.8. The fourth-order valence-corrected chi connectivity index (χ4v) is 7.87. The molecule has 0 aliphatic carbocycles. The zero-order valence-corrected chi connectivity index (χ0v) is 27.4. The Morgan fingerprint density at radius 1 is 0.280 bits per heavy atom. The molecular weight excluding hydrogens is 605 g/mol. The van der Waals surface area contributed by atoms with Crippen LogP contribution in [0.5, 0.6) is 0 Å². The molecular formula is C48H32N2. The minimum absolute atomic E-state index is 1.14. The second-order valence-corrected chi connectivity index (χ2v) is 12.9. The average molecular weight is 637 g/mol. The molecule has 0 fully saturated rings. The Balaban J connectivity index is 1.43. The summed E-state index contributed by atoms with van der Waals surface area (Å²) >= 11 is 0. The molecule has 0 spiro atoms. The van der Waals surface area contributed by atoms with Crippen LogP contribution in [0.15, 0.2) is 194 Å². The van der Waals surface area contributed by atoms with Gasteiger partial charge in [-0.3, -0.25) is 0 Å². The second kappa shape index (κ2) is 11.5. The van der Waals surface area contributed by atoms with Gasteiger partial charge < -0.3 is 9.13 Å². The molecule has 2 heteroatoms. The molecule has 0 radical (unpaired) electrons. The van der Waals surface area contributed by atoms with E-state index >= 15 is 0 Å². The normalized spacial score (nSPS) is 11.6. The fraction of sp³-hybridized carbons (Fsp3) is 0. The molecule has 234 valence electrons. The topological polar surface area (TPSA) is 9.86 Å². The summed E-state index contributed by atoms with van der Waals surface area (Å²) in [6, 6.07) is 70.4. The molecule has 0 saturated heterocycles. The van der Waals surface area contributed by atoms with Gasteiger partial charge in [-0.2, -0.15) is 0 Å². The van der Waals surface area contributed by atoms with E-state index in [4.69, 9.17) is 0 Å². The quantitative estimate of drug-likeness (QED) is 0.178. The first-order valence-electron chi connectivity index (χ1n) is 17.2. The Morgan fingerprint density at radius 3 is 1.50 bits per heavy atom. The largest absolute Gasteiger partial charge is 0.307 e. The first-order valence-corrected chi connectivity index (χ1v) is 17.2. The van der Waals surface area contributed by atoms with E-state index in [1.807, 2.05) is 0 Å². The lowest BCUT2D eigenvalue weighted by Gasteiger charge is -2.15. The molecule has 50 heavy (non-hydrogen) atoms. The molecule has 10 aromatic rings. The third kappa shape index (κ3) is 4.43. The zero-order chi connectivity index (χ0) is 33.0. The van der Waals surface area contributed by atoms with E-state index in [0.717, 1.165) is 11.4 Å². The minimum atomic E-state index is 1.14. The maximum absolute atomic E-state index is 2.50. The van der Waals surface area contributed by atoms with Crippen LogP contribution in [0.25, 0.3) is 88.4 Å². The molecule has 0 amide bonds. The smallest absolute Gasteiger partial charge is 0.0795 e. The van der Waals surface area contributed by atoms with Crippen LogP contribution in [-0.2, 0) is 0 Å². The maximum atomic E-state index is 2.50. The van der Waals surface area contributed by atoms with E-state index in [-0.39, 0.29) is 0 Å². The van der Waals surface area contributed by atoms with Crippen molar-refractivity contribution in [1.82, 2.24) is 9.13 Å². The van der Waals surface area contributed by atoms with Gasteiger partial charge in [0.1, 0.15) is 0 Å². The Morgan fingerprint density at radius 2 is 0.800 bits per heavy atom. The average Bonchev–Trinajstić information content (AvgIpc) is 3.72. The molecule has 0 saturated carbocycles. The molecule has 2 nitrogen and oxygen atoms in total. The monoisotopic (exact) mass is 636 g/mol. The van der Waals surface area contributed by atoms with Gasteiger partial charge in [0.15, 0.2) is 0 Å². The van der Waals surface area contributed by atoms with E-state index in [2.05, 4.69) is 203 Å². The van der Waals surface area contributed by atoms with E-state index in [1.54, 1.807) is 0 Å². The summed E-state index contributed by atoms with van der Waals surface area (Å²) in [4.78, 5) is 0. The molecule has 10 rings (SSSR count). The van der Waals surface area contributed by atoms with Crippen molar-refractivity contribution in [3.8, 4) is 44.8 Å². The molecule has 0 N–H and O–H groups in total. The van der Waals surface area contributed by atoms with Crippen molar-refractivity contribution in [2.45, 2.75) is 0 Å². The summed E-state index contributed by atoms with van der Waals surface area (Å²) in [7, 11) is 0. The van der Waals surface area contributed by atoms with E-state index in [9.17, 15) is 0 Å². The summed E-state index contributed by atoms with van der Waals surface area (Å²) in [5, 5.41) is 4.96. The van der Waals surface area contributed by atoms with Gasteiger partial charge in [0.05, 0.1) is 22.1 Å². The van der Waals surface area contributed by atoms with Crippen molar-refractivity contribution in [1.29, 1.82) is 0 Å². The number of nitrogens with zero attached hydrogens (tertiary/aromatic N) is 2. The number of rotatable bonds is 5. The molecule has 2 heterocycles. The number of hydrogen-bond acceptors (Lipinski definition) is 0. The van der Waals surface area contributed by atoms with Crippen molar-refractivity contribution in [3.63, 3.8) is 0 Å². The molecule has 0 unspecified atom stereocenters. The van der Waals surface area contributed by atoms with Crippen LogP contribution in [0.2, 0.25) is 0 Å². The third-order valence-corrected chi connectivity index (χ3v) is 10.1. The summed E-state index contributed by atoms with van der Waals surface area (Å²) in [6.07, 6.45) is 0. The van der Waals surface area contributed by atoms with Crippen molar-refractivity contribution >= 4 is 43.6 Å². The lowest BCUT2D eigenvalue weighted by atomic mass is 9.96. The highest BCUT2D eigenvalue weighted by Crippen LogP contribution is 2.47. The first kappa shape index (κ1) is 28.4. The van der Waals surface area contributed by atoms with Crippen molar-refractivity contribution in [3.05, 3.63) is 194 Å². The van der Waals surface area contributed by atoms with E-state index in [1.165, 1.54) is 77.0 Å². The van der Waals surface area contributed by atoms with Crippen LogP contribution in [0.1, 0.15) is 0 Å². The van der Waals surface area contributed by atoms with Crippen molar-refractivity contribution < 1.29 is 0 Å². The Bertz CT molecular complexity index is 2830. The summed E-state index contributed by atoms with van der Waals surface area (Å²) in [5.41, 5.74) is 14.3. The molecule has 0 atom stereocenters. The van der Waals surface area contributed by atoms with Crippen LogP contribution in [0.3, 0.4) is 0 Å². The SMILES string of the molecule is c1ccc(-c2cccc(-n3c4ccccc4c4c(-c5ccccc5)cc5c6cc(-c7ccccc7)ccc6n(-c6ccccc6)c5c43)c2)cc1. The number of hydrogen-bond donors (Lipinski definition) is 0. The van der Waals surface area contributed by atoms with Gasteiger partial charge >= 0.3 is 0 Å². The van der Waals surface area contributed by atoms with Gasteiger partial charge in [-0.05, 0) is 81.9 Å². The van der Waals surface area contributed by atoms with Gasteiger partial charge in [0.2, 0.25) is 0 Å². The number of benzene rings is 8. The maximum Gasteiger partial charge on any atom is 0.0795 e. The van der Waals surface area contributed by atoms with Crippen LogP contribution >= 0.6 is 0 Å². The summed E-state index contributed by atoms with van der Waals surface area (Å²) in [5.74, 6) is 0. The molecule has 8 aromatic carbocycles. The van der Waals surface area contributed by atoms with Crippen LogP contribution in [0.4, 0.5) is 0 Å². The molecule has 0 aliphatic rings. The Hall–Kier alpha value is -6.64. The number of fused-ring (bicyclic) bond motifs is 7. The number of para-hydroxylation sites is 2. The van der Waals surface area contributed by atoms with Gasteiger partial charge in [-0.25, -0.2) is 0 Å². The molecule has 0 aliphatic heterocycles. The predicted molar refractivity (Wildman–Crippen MR) is 211 cm³/mol. The molecule has 2 aromatic heterocycles. The highest BCUT2D eigenvalue weighted by atomic mass is 15.0. The Kier molecular flexibility index (Phi) is 6.53. The van der Waals surface area contributed by atoms with Crippen LogP contribution < -0.4 is 0 Å². The highest BCUT2D eigenvalue weighted by molar-refractivity contribution is 6.28. The van der Waals surface area contributed by atoms with Crippen LogP contribution in [-0.4, -0.2) is 9.13 Å². The van der Waals surface area contributed by atoms with Gasteiger partial charge in [-0.1, -0.05) is 146 Å². The highest BCUT2D eigenvalue weighted by Gasteiger charge is 2.24. The summed E-state index contributed by atoms with van der Waals surface area (Å²) < 4.78 is 4.98. The lowest BCUT2D eigenvalue weighted by Crippen LogP contribution is -1.99. The Labute approximate surface area is 290 Å². The van der Waals surface area contributed by atoms with Crippen molar-refractivity contribution in [2.24, 2.45) is 0 Å². The second-order valence-electron chi connectivity index (χ2n) is 12.9. The van der Waals surface area contributed by atoms with Gasteiger partial charge in [0, 0.05) is 32.9 Å². The molecule has 0 bridgehead atoms. The van der Waals surface area contributed by atoms with Gasteiger partial charge in [-0.15, -0.1) is 0 Å².